The van der Waals surface area contributed by atoms with E-state index in [1.807, 2.05) is 19.1 Å². The second-order valence-corrected chi connectivity index (χ2v) is 3.46. The zero-order valence-corrected chi connectivity index (χ0v) is 11.3. The summed E-state index contributed by atoms with van der Waals surface area (Å²) in [5.74, 6) is 0.390. The highest BCUT2D eigenvalue weighted by Gasteiger charge is 2.10. The van der Waals surface area contributed by atoms with E-state index in [0.29, 0.717) is 12.4 Å². The highest BCUT2D eigenvalue weighted by atomic mass is 16.5. The van der Waals surface area contributed by atoms with Crippen LogP contribution in [0, 0.1) is 5.92 Å². The molecule has 100 valence electrons. The Morgan fingerprint density at radius 3 is 2.47 bits per heavy atom. The van der Waals surface area contributed by atoms with E-state index < -0.39 is 0 Å². The quantitative estimate of drug-likeness (QED) is 0.316. The number of methoxy groups -OCH3 is 1. The van der Waals surface area contributed by atoms with E-state index in [0.717, 1.165) is 12.8 Å². The maximum Gasteiger partial charge on any atom is 0.308 e. The first kappa shape index (κ1) is 18.0. The first-order valence-electron chi connectivity index (χ1n) is 5.65. The lowest BCUT2D eigenvalue weighted by atomic mass is 10.1. The molecule has 0 amide bonds. The van der Waals surface area contributed by atoms with Crippen LogP contribution in [-0.2, 0) is 9.53 Å². The van der Waals surface area contributed by atoms with Crippen molar-refractivity contribution in [2.75, 3.05) is 20.7 Å². The van der Waals surface area contributed by atoms with Crippen molar-refractivity contribution < 1.29 is 9.53 Å². The van der Waals surface area contributed by atoms with E-state index >= 15 is 0 Å². The normalized spacial score (nSPS) is 12.9. The van der Waals surface area contributed by atoms with Crippen molar-refractivity contribution in [2.24, 2.45) is 22.4 Å². The van der Waals surface area contributed by atoms with Gasteiger partial charge in [0.1, 0.15) is 0 Å². The third kappa shape index (κ3) is 12.6. The molecule has 0 bridgehead atoms. The summed E-state index contributed by atoms with van der Waals surface area (Å²) in [5, 5.41) is 0. The third-order valence-corrected chi connectivity index (χ3v) is 1.98. The highest BCUT2D eigenvalue weighted by molar-refractivity contribution is 5.77. The lowest BCUT2D eigenvalue weighted by Crippen LogP contribution is -2.11. The summed E-state index contributed by atoms with van der Waals surface area (Å²) < 4.78 is 4.62. The van der Waals surface area contributed by atoms with Crippen molar-refractivity contribution in [2.45, 2.75) is 26.7 Å². The molecule has 0 spiro atoms. The van der Waals surface area contributed by atoms with Crippen molar-refractivity contribution in [3.05, 3.63) is 12.2 Å². The molecule has 0 aliphatic heterocycles. The molecule has 5 nitrogen and oxygen atoms in total. The zero-order chi connectivity index (χ0) is 13.7. The SMILES string of the molecule is CN.COC(=O)C(C)CC/C=C\CN=C(C)N. The molecule has 0 saturated carbocycles. The number of carbonyl (C=O) groups is 1. The summed E-state index contributed by atoms with van der Waals surface area (Å²) in [4.78, 5) is 15.0. The largest absolute Gasteiger partial charge is 0.469 e. The minimum atomic E-state index is -0.153. The maximum atomic E-state index is 11.0. The van der Waals surface area contributed by atoms with Crippen LogP contribution in [0.15, 0.2) is 17.1 Å². The van der Waals surface area contributed by atoms with Crippen LogP contribution >= 0.6 is 0 Å². The number of allylic oxidation sites excluding steroid dienone is 1. The van der Waals surface area contributed by atoms with Gasteiger partial charge in [-0.15, -0.1) is 0 Å². The average molecular weight is 243 g/mol. The number of rotatable bonds is 6. The van der Waals surface area contributed by atoms with Gasteiger partial charge in [-0.25, -0.2) is 0 Å². The molecule has 0 radical (unpaired) electrons. The summed E-state index contributed by atoms with van der Waals surface area (Å²) in [7, 11) is 2.91. The summed E-state index contributed by atoms with van der Waals surface area (Å²) in [6.07, 6.45) is 5.61. The predicted octanol–water partition coefficient (Wildman–Crippen LogP) is 1.08. The highest BCUT2D eigenvalue weighted by Crippen LogP contribution is 2.07. The van der Waals surface area contributed by atoms with E-state index in [2.05, 4.69) is 15.5 Å². The third-order valence-electron chi connectivity index (χ3n) is 1.98. The van der Waals surface area contributed by atoms with Gasteiger partial charge in [0.2, 0.25) is 0 Å². The van der Waals surface area contributed by atoms with Crippen molar-refractivity contribution in [1.29, 1.82) is 0 Å². The smallest absolute Gasteiger partial charge is 0.308 e. The number of nitrogens with two attached hydrogens (primary N) is 2. The number of aliphatic imine (C=N–C) groups is 1. The van der Waals surface area contributed by atoms with E-state index in [1.54, 1.807) is 6.92 Å². The number of ether oxygens (including phenoxy) is 1. The first-order valence-corrected chi connectivity index (χ1v) is 5.65. The van der Waals surface area contributed by atoms with Gasteiger partial charge in [-0.1, -0.05) is 19.1 Å². The molecule has 0 rings (SSSR count). The average Bonchev–Trinajstić information content (AvgIpc) is 2.34. The molecule has 0 aliphatic carbocycles. The lowest BCUT2D eigenvalue weighted by molar-refractivity contribution is -0.144. The summed E-state index contributed by atoms with van der Waals surface area (Å²) in [6.45, 7) is 4.23. The predicted molar refractivity (Wildman–Crippen MR) is 71.8 cm³/mol. The molecular weight excluding hydrogens is 218 g/mol. The summed E-state index contributed by atoms with van der Waals surface area (Å²) in [5.41, 5.74) is 9.87. The van der Waals surface area contributed by atoms with Crippen LogP contribution in [0.1, 0.15) is 26.7 Å². The zero-order valence-electron chi connectivity index (χ0n) is 11.3. The number of amidine groups is 1. The number of hydrogen-bond donors (Lipinski definition) is 2. The summed E-state index contributed by atoms with van der Waals surface area (Å²) in [6, 6.07) is 0. The van der Waals surface area contributed by atoms with Crippen molar-refractivity contribution in [3.63, 3.8) is 0 Å². The molecule has 5 heteroatoms. The molecule has 0 aromatic carbocycles. The Hall–Kier alpha value is -1.36. The second kappa shape index (κ2) is 12.7. The fourth-order valence-electron chi connectivity index (χ4n) is 1.05. The van der Waals surface area contributed by atoms with Crippen LogP contribution in [-0.4, -0.2) is 32.5 Å². The maximum absolute atomic E-state index is 11.0. The molecule has 17 heavy (non-hydrogen) atoms. The molecule has 0 fully saturated rings. The van der Waals surface area contributed by atoms with Gasteiger partial charge in [-0.3, -0.25) is 9.79 Å². The van der Waals surface area contributed by atoms with Crippen molar-refractivity contribution in [3.8, 4) is 0 Å². The van der Waals surface area contributed by atoms with Crippen molar-refractivity contribution in [1.82, 2.24) is 0 Å². The van der Waals surface area contributed by atoms with Crippen molar-refractivity contribution >= 4 is 11.8 Å². The van der Waals surface area contributed by atoms with Gasteiger partial charge in [0.05, 0.1) is 25.4 Å². The van der Waals surface area contributed by atoms with Crippen LogP contribution in [0.2, 0.25) is 0 Å². The Bertz CT molecular complexity index is 246. The van der Waals surface area contributed by atoms with Gasteiger partial charge < -0.3 is 16.2 Å². The van der Waals surface area contributed by atoms with Crippen LogP contribution in [0.5, 0.6) is 0 Å². The van der Waals surface area contributed by atoms with Crippen LogP contribution in [0.4, 0.5) is 0 Å². The molecule has 0 saturated heterocycles. The summed E-state index contributed by atoms with van der Waals surface area (Å²) >= 11 is 0. The van der Waals surface area contributed by atoms with Crippen LogP contribution in [0.3, 0.4) is 0 Å². The van der Waals surface area contributed by atoms with Gasteiger partial charge >= 0.3 is 5.97 Å². The fraction of sp³-hybridized carbons (Fsp3) is 0.667. The Morgan fingerprint density at radius 2 is 2.00 bits per heavy atom. The Morgan fingerprint density at radius 1 is 1.41 bits per heavy atom. The van der Waals surface area contributed by atoms with Gasteiger partial charge in [0.25, 0.3) is 0 Å². The van der Waals surface area contributed by atoms with Gasteiger partial charge in [0.15, 0.2) is 0 Å². The second-order valence-electron chi connectivity index (χ2n) is 3.46. The van der Waals surface area contributed by atoms with Gasteiger partial charge in [0, 0.05) is 0 Å². The Labute approximate surface area is 104 Å². The molecule has 0 aliphatic rings. The molecule has 0 aromatic rings. The topological polar surface area (TPSA) is 90.7 Å². The molecule has 1 unspecified atom stereocenters. The van der Waals surface area contributed by atoms with Gasteiger partial charge in [-0.05, 0) is 26.8 Å². The molecular formula is C12H25N3O2. The monoisotopic (exact) mass is 243 g/mol. The standard InChI is InChI=1S/C11H20N2O2.CH5N/c1-9(11(14)15-3)7-5-4-6-8-13-10(2)12;1-2/h4,6,9H,5,7-8H2,1-3H3,(H2,12,13);2H2,1H3/b6-4-;. The number of carbonyl (C=O) groups excluding carboxylic acids is 1. The minimum absolute atomic E-state index is 0.0422. The molecule has 1 atom stereocenters. The molecule has 0 aromatic heterocycles. The molecule has 0 heterocycles. The lowest BCUT2D eigenvalue weighted by Gasteiger charge is -2.05. The fourth-order valence-corrected chi connectivity index (χ4v) is 1.05. The molecule has 4 N–H and O–H groups in total. The first-order chi connectivity index (χ1) is 8.07. The minimum Gasteiger partial charge on any atom is -0.469 e. The Kier molecular flexibility index (Phi) is 13.5. The van der Waals surface area contributed by atoms with E-state index in [-0.39, 0.29) is 11.9 Å². The van der Waals surface area contributed by atoms with Gasteiger partial charge in [-0.2, -0.15) is 0 Å². The van der Waals surface area contributed by atoms with Crippen LogP contribution in [0.25, 0.3) is 0 Å². The van der Waals surface area contributed by atoms with E-state index in [1.165, 1.54) is 14.2 Å². The number of hydrogen-bond acceptors (Lipinski definition) is 4. The number of esters is 1. The van der Waals surface area contributed by atoms with E-state index in [9.17, 15) is 4.79 Å². The Balaban J connectivity index is 0. The van der Waals surface area contributed by atoms with E-state index in [4.69, 9.17) is 5.73 Å². The number of nitrogens with zero attached hydrogens (tertiary/aromatic N) is 1. The van der Waals surface area contributed by atoms with Crippen LogP contribution < -0.4 is 11.5 Å².